The molecule has 1 unspecified atom stereocenters. The van der Waals surface area contributed by atoms with Crippen LogP contribution in [0.3, 0.4) is 0 Å². The van der Waals surface area contributed by atoms with Gasteiger partial charge in [-0.15, -0.1) is 0 Å². The van der Waals surface area contributed by atoms with E-state index in [1.54, 1.807) is 12.1 Å². The maximum Gasteiger partial charge on any atom is 0.156 e. The number of hydrogen-bond donors (Lipinski definition) is 1. The van der Waals surface area contributed by atoms with E-state index in [2.05, 4.69) is 27.4 Å². The third kappa shape index (κ3) is 2.94. The second-order valence-electron chi connectivity index (χ2n) is 4.65. The Morgan fingerprint density at radius 2 is 1.90 bits per heavy atom. The van der Waals surface area contributed by atoms with Gasteiger partial charge in [0, 0.05) is 6.42 Å². The van der Waals surface area contributed by atoms with Crippen LogP contribution in [-0.4, -0.2) is 10.8 Å². The molecule has 0 bridgehead atoms. The molecule has 1 aliphatic heterocycles. The fraction of sp³-hybridized carbons (Fsp3) is 0.200. The molecule has 3 rings (SSSR count). The minimum atomic E-state index is 0.314. The maximum atomic E-state index is 6.03. The van der Waals surface area contributed by atoms with Crippen LogP contribution < -0.4 is 5.32 Å². The lowest BCUT2D eigenvalue weighted by molar-refractivity contribution is 0.674. The molecule has 1 fully saturated rings. The fourth-order valence-electron chi connectivity index (χ4n) is 2.28. The van der Waals surface area contributed by atoms with Crippen LogP contribution in [0, 0.1) is 0 Å². The highest BCUT2D eigenvalue weighted by Gasteiger charge is 2.21. The Labute approximate surface area is 127 Å². The van der Waals surface area contributed by atoms with Crippen molar-refractivity contribution < 1.29 is 0 Å². The zero-order chi connectivity index (χ0) is 13.9. The third-order valence-electron chi connectivity index (χ3n) is 3.26. The Bertz CT molecular complexity index is 641. The summed E-state index contributed by atoms with van der Waals surface area (Å²) in [5.74, 6) is 0.935. The summed E-state index contributed by atoms with van der Waals surface area (Å²) in [4.78, 5) is 8.52. The molecule has 2 heterocycles. The van der Waals surface area contributed by atoms with Gasteiger partial charge in [0.15, 0.2) is 5.15 Å². The van der Waals surface area contributed by atoms with E-state index in [0.717, 1.165) is 18.7 Å². The van der Waals surface area contributed by atoms with E-state index in [1.165, 1.54) is 5.56 Å². The number of nitrogens with zero attached hydrogens (tertiary/aromatic N) is 2. The first-order chi connectivity index (χ1) is 9.72. The Kier molecular flexibility index (Phi) is 3.90. The Hall–Kier alpha value is -1.58. The summed E-state index contributed by atoms with van der Waals surface area (Å²) in [7, 11) is 0. The van der Waals surface area contributed by atoms with Gasteiger partial charge >= 0.3 is 0 Å². The van der Waals surface area contributed by atoms with Crippen LogP contribution in [0.1, 0.15) is 24.4 Å². The van der Waals surface area contributed by atoms with Gasteiger partial charge in [0.1, 0.15) is 16.7 Å². The average Bonchev–Trinajstić information content (AvgIpc) is 2.92. The van der Waals surface area contributed by atoms with Crippen LogP contribution in [0.25, 0.3) is 0 Å². The van der Waals surface area contributed by atoms with Crippen molar-refractivity contribution >= 4 is 34.7 Å². The average molecular weight is 306 g/mol. The molecule has 5 heteroatoms. The van der Waals surface area contributed by atoms with Gasteiger partial charge < -0.3 is 5.32 Å². The first-order valence-corrected chi connectivity index (χ1v) is 7.19. The normalized spacial score (nSPS) is 20.1. The van der Waals surface area contributed by atoms with Gasteiger partial charge in [0.25, 0.3) is 0 Å². The second-order valence-corrected chi connectivity index (χ2v) is 5.39. The standard InChI is InChI=1S/C15H13Cl2N3/c16-13-8-6-12(15(17)20-13)19-14-9-7-11(18-14)10-4-2-1-3-5-10/h1-6,8,11H,7,9H2,(H,18,19). The SMILES string of the molecule is Clc1ccc(N=C2CCC(c3ccccc3)N2)c(Cl)n1. The summed E-state index contributed by atoms with van der Waals surface area (Å²) in [6.45, 7) is 0. The van der Waals surface area contributed by atoms with Crippen LogP contribution in [0.15, 0.2) is 47.5 Å². The molecule has 0 spiro atoms. The minimum Gasteiger partial charge on any atom is -0.367 e. The first-order valence-electron chi connectivity index (χ1n) is 6.43. The summed E-state index contributed by atoms with van der Waals surface area (Å²) in [6, 6.07) is 14.1. The molecule has 1 aromatic carbocycles. The number of halogens is 2. The molecule has 1 aliphatic rings. The largest absolute Gasteiger partial charge is 0.367 e. The lowest BCUT2D eigenvalue weighted by atomic mass is 10.1. The summed E-state index contributed by atoms with van der Waals surface area (Å²) < 4.78 is 0. The van der Waals surface area contributed by atoms with E-state index in [0.29, 0.717) is 22.0 Å². The van der Waals surface area contributed by atoms with Crippen LogP contribution in [0.5, 0.6) is 0 Å². The summed E-state index contributed by atoms with van der Waals surface area (Å²) in [5.41, 5.74) is 1.92. The van der Waals surface area contributed by atoms with Gasteiger partial charge in [-0.25, -0.2) is 9.98 Å². The van der Waals surface area contributed by atoms with E-state index in [4.69, 9.17) is 23.2 Å². The zero-order valence-corrected chi connectivity index (χ0v) is 12.2. The Balaban J connectivity index is 1.78. The summed E-state index contributed by atoms with van der Waals surface area (Å²) in [5, 5.41) is 4.13. The molecular formula is C15H13Cl2N3. The minimum absolute atomic E-state index is 0.314. The predicted molar refractivity (Wildman–Crippen MR) is 82.9 cm³/mol. The van der Waals surface area contributed by atoms with E-state index < -0.39 is 0 Å². The highest BCUT2D eigenvalue weighted by Crippen LogP contribution is 2.28. The van der Waals surface area contributed by atoms with Gasteiger partial charge in [-0.3, -0.25) is 0 Å². The number of rotatable bonds is 2. The number of benzene rings is 1. The van der Waals surface area contributed by atoms with Crippen molar-refractivity contribution in [3.05, 3.63) is 58.3 Å². The van der Waals surface area contributed by atoms with Gasteiger partial charge in [0.2, 0.25) is 0 Å². The molecule has 1 aromatic heterocycles. The number of pyridine rings is 1. The summed E-state index contributed by atoms with van der Waals surface area (Å²) in [6.07, 6.45) is 1.93. The fourth-order valence-corrected chi connectivity index (χ4v) is 2.67. The molecule has 0 aliphatic carbocycles. The highest BCUT2D eigenvalue weighted by atomic mass is 35.5. The third-order valence-corrected chi connectivity index (χ3v) is 3.75. The maximum absolute atomic E-state index is 6.03. The Morgan fingerprint density at radius 1 is 1.10 bits per heavy atom. The van der Waals surface area contributed by atoms with Crippen molar-refractivity contribution in [1.82, 2.24) is 10.3 Å². The van der Waals surface area contributed by atoms with Crippen LogP contribution >= 0.6 is 23.2 Å². The van der Waals surface area contributed by atoms with Crippen LogP contribution in [0.2, 0.25) is 10.3 Å². The quantitative estimate of drug-likeness (QED) is 0.827. The monoisotopic (exact) mass is 305 g/mol. The smallest absolute Gasteiger partial charge is 0.156 e. The van der Waals surface area contributed by atoms with Crippen molar-refractivity contribution in [2.75, 3.05) is 0 Å². The van der Waals surface area contributed by atoms with Crippen LogP contribution in [-0.2, 0) is 0 Å². The molecule has 102 valence electrons. The molecule has 20 heavy (non-hydrogen) atoms. The van der Waals surface area contributed by atoms with Gasteiger partial charge in [-0.2, -0.15) is 0 Å². The number of nitrogens with one attached hydrogen (secondary N) is 1. The molecule has 3 nitrogen and oxygen atoms in total. The predicted octanol–water partition coefficient (Wildman–Crippen LogP) is 4.54. The topological polar surface area (TPSA) is 37.3 Å². The van der Waals surface area contributed by atoms with Gasteiger partial charge in [-0.05, 0) is 24.1 Å². The number of amidine groups is 1. The molecule has 0 radical (unpaired) electrons. The van der Waals surface area contributed by atoms with Crippen molar-refractivity contribution in [2.24, 2.45) is 4.99 Å². The van der Waals surface area contributed by atoms with E-state index in [1.807, 2.05) is 18.2 Å². The van der Waals surface area contributed by atoms with Crippen molar-refractivity contribution in [3.8, 4) is 0 Å². The molecule has 2 aromatic rings. The number of hydrogen-bond acceptors (Lipinski definition) is 2. The van der Waals surface area contributed by atoms with E-state index in [9.17, 15) is 0 Å². The van der Waals surface area contributed by atoms with E-state index in [-0.39, 0.29) is 0 Å². The lowest BCUT2D eigenvalue weighted by Gasteiger charge is -2.10. The number of aromatic nitrogens is 1. The van der Waals surface area contributed by atoms with Crippen molar-refractivity contribution in [3.63, 3.8) is 0 Å². The Morgan fingerprint density at radius 3 is 2.65 bits per heavy atom. The van der Waals surface area contributed by atoms with Crippen molar-refractivity contribution in [1.29, 1.82) is 0 Å². The zero-order valence-electron chi connectivity index (χ0n) is 10.7. The molecule has 1 saturated heterocycles. The van der Waals surface area contributed by atoms with Crippen LogP contribution in [0.4, 0.5) is 5.69 Å². The molecular weight excluding hydrogens is 293 g/mol. The molecule has 1 atom stereocenters. The molecule has 0 amide bonds. The first kappa shape index (κ1) is 13.4. The summed E-state index contributed by atoms with van der Waals surface area (Å²) >= 11 is 11.8. The van der Waals surface area contributed by atoms with Gasteiger partial charge in [-0.1, -0.05) is 53.5 Å². The van der Waals surface area contributed by atoms with Gasteiger partial charge in [0.05, 0.1) is 6.04 Å². The molecule has 0 saturated carbocycles. The van der Waals surface area contributed by atoms with Crippen molar-refractivity contribution in [2.45, 2.75) is 18.9 Å². The lowest BCUT2D eigenvalue weighted by Crippen LogP contribution is -2.18. The van der Waals surface area contributed by atoms with E-state index >= 15 is 0 Å². The highest BCUT2D eigenvalue weighted by molar-refractivity contribution is 6.34. The number of aliphatic imine (C=N–C) groups is 1. The molecule has 1 N–H and O–H groups in total. The second kappa shape index (κ2) is 5.81.